The van der Waals surface area contributed by atoms with E-state index in [1.807, 2.05) is 0 Å². The van der Waals surface area contributed by atoms with Crippen LogP contribution in [0.1, 0.15) is 32.1 Å². The van der Waals surface area contributed by atoms with Crippen molar-refractivity contribution in [2.45, 2.75) is 32.1 Å². The van der Waals surface area contributed by atoms with Crippen molar-refractivity contribution < 1.29 is 9.47 Å². The highest BCUT2D eigenvalue weighted by Gasteiger charge is 2.12. The van der Waals surface area contributed by atoms with Crippen LogP contribution < -0.4 is 5.32 Å². The summed E-state index contributed by atoms with van der Waals surface area (Å²) in [5.74, 6) is 0.748. The molecule has 3 nitrogen and oxygen atoms in total. The predicted molar refractivity (Wildman–Crippen MR) is 62.1 cm³/mol. The lowest BCUT2D eigenvalue weighted by atomic mass is 10.0. The van der Waals surface area contributed by atoms with Crippen LogP contribution in [-0.4, -0.2) is 40.0 Å². The fourth-order valence-corrected chi connectivity index (χ4v) is 1.95. The summed E-state index contributed by atoms with van der Waals surface area (Å²) in [5.41, 5.74) is 0. The Labute approximate surface area is 93.5 Å². The highest BCUT2D eigenvalue weighted by molar-refractivity contribution is 4.65. The summed E-state index contributed by atoms with van der Waals surface area (Å²) in [5, 5.41) is 3.51. The number of ether oxygens (including phenoxy) is 2. The molecule has 0 aromatic rings. The molecule has 0 saturated carbocycles. The molecule has 1 fully saturated rings. The Morgan fingerprint density at radius 1 is 1.33 bits per heavy atom. The molecule has 1 saturated heterocycles. The van der Waals surface area contributed by atoms with Gasteiger partial charge >= 0.3 is 0 Å². The van der Waals surface area contributed by atoms with Crippen molar-refractivity contribution >= 4 is 0 Å². The van der Waals surface area contributed by atoms with Crippen LogP contribution in [0.15, 0.2) is 0 Å². The third kappa shape index (κ3) is 6.88. The molecular formula is C12H25NO2. The van der Waals surface area contributed by atoms with Gasteiger partial charge in [0, 0.05) is 26.9 Å². The van der Waals surface area contributed by atoms with E-state index in [9.17, 15) is 0 Å². The number of hydrogen-bond acceptors (Lipinski definition) is 3. The summed E-state index contributed by atoms with van der Waals surface area (Å²) in [7, 11) is 1.77. The predicted octanol–water partition coefficient (Wildman–Crippen LogP) is 1.82. The molecule has 1 aliphatic rings. The summed E-state index contributed by atoms with van der Waals surface area (Å²) in [4.78, 5) is 0. The van der Waals surface area contributed by atoms with Crippen LogP contribution >= 0.6 is 0 Å². The molecule has 0 aromatic carbocycles. The molecule has 0 bridgehead atoms. The van der Waals surface area contributed by atoms with E-state index in [-0.39, 0.29) is 0 Å². The monoisotopic (exact) mass is 215 g/mol. The van der Waals surface area contributed by atoms with Crippen LogP contribution in [-0.2, 0) is 9.47 Å². The van der Waals surface area contributed by atoms with Crippen LogP contribution in [0.3, 0.4) is 0 Å². The minimum atomic E-state index is 0.748. The first-order valence-electron chi connectivity index (χ1n) is 6.21. The maximum atomic E-state index is 5.44. The van der Waals surface area contributed by atoms with Crippen molar-refractivity contribution in [3.63, 3.8) is 0 Å². The van der Waals surface area contributed by atoms with Crippen LogP contribution in [0.2, 0.25) is 0 Å². The van der Waals surface area contributed by atoms with Crippen LogP contribution in [0, 0.1) is 5.92 Å². The first-order chi connectivity index (χ1) is 7.43. The highest BCUT2D eigenvalue weighted by atomic mass is 16.5. The zero-order chi connectivity index (χ0) is 10.8. The second-order valence-corrected chi connectivity index (χ2v) is 4.34. The third-order valence-corrected chi connectivity index (χ3v) is 2.89. The van der Waals surface area contributed by atoms with Gasteiger partial charge in [-0.15, -0.1) is 0 Å². The first kappa shape index (κ1) is 12.9. The van der Waals surface area contributed by atoms with Crippen molar-refractivity contribution in [3.8, 4) is 0 Å². The highest BCUT2D eigenvalue weighted by Crippen LogP contribution is 2.11. The van der Waals surface area contributed by atoms with Gasteiger partial charge in [-0.05, 0) is 44.6 Å². The number of nitrogens with one attached hydrogen (secondary N) is 1. The van der Waals surface area contributed by atoms with Gasteiger partial charge in [0.05, 0.1) is 6.61 Å². The van der Waals surface area contributed by atoms with E-state index < -0.39 is 0 Å². The summed E-state index contributed by atoms with van der Waals surface area (Å²) in [6.07, 6.45) is 6.28. The van der Waals surface area contributed by atoms with Crippen molar-refractivity contribution in [1.29, 1.82) is 0 Å². The lowest BCUT2D eigenvalue weighted by Gasteiger charge is -2.22. The standard InChI is InChI=1S/C12H25NO2/c1-14-8-4-2-3-7-13-10-12-6-5-9-15-11-12/h12-13H,2-11H2,1H3. The Bertz CT molecular complexity index is 136. The average molecular weight is 215 g/mol. The van der Waals surface area contributed by atoms with Crippen molar-refractivity contribution in [2.24, 2.45) is 5.92 Å². The largest absolute Gasteiger partial charge is 0.385 e. The van der Waals surface area contributed by atoms with Gasteiger partial charge in [0.2, 0.25) is 0 Å². The fourth-order valence-electron chi connectivity index (χ4n) is 1.95. The Morgan fingerprint density at radius 2 is 2.27 bits per heavy atom. The summed E-state index contributed by atoms with van der Waals surface area (Å²) >= 11 is 0. The third-order valence-electron chi connectivity index (χ3n) is 2.89. The van der Waals surface area contributed by atoms with Gasteiger partial charge in [-0.1, -0.05) is 0 Å². The van der Waals surface area contributed by atoms with Gasteiger partial charge in [-0.2, -0.15) is 0 Å². The Morgan fingerprint density at radius 3 is 3.00 bits per heavy atom. The van der Waals surface area contributed by atoms with Crippen LogP contribution in [0.5, 0.6) is 0 Å². The van der Waals surface area contributed by atoms with Gasteiger partial charge in [-0.25, -0.2) is 0 Å². The van der Waals surface area contributed by atoms with E-state index in [0.717, 1.165) is 38.8 Å². The number of hydrogen-bond donors (Lipinski definition) is 1. The van der Waals surface area contributed by atoms with Gasteiger partial charge < -0.3 is 14.8 Å². The van der Waals surface area contributed by atoms with E-state index in [1.165, 1.54) is 32.1 Å². The SMILES string of the molecule is COCCCCCNCC1CCCOC1. The molecule has 90 valence electrons. The molecule has 0 aromatic heterocycles. The molecule has 1 rings (SSSR count). The zero-order valence-electron chi connectivity index (χ0n) is 9.96. The molecular weight excluding hydrogens is 190 g/mol. The topological polar surface area (TPSA) is 30.5 Å². The van der Waals surface area contributed by atoms with E-state index in [1.54, 1.807) is 7.11 Å². The molecule has 0 radical (unpaired) electrons. The second kappa shape index (κ2) is 9.13. The first-order valence-corrected chi connectivity index (χ1v) is 6.21. The van der Waals surface area contributed by atoms with Crippen molar-refractivity contribution in [3.05, 3.63) is 0 Å². The van der Waals surface area contributed by atoms with E-state index in [2.05, 4.69) is 5.32 Å². The second-order valence-electron chi connectivity index (χ2n) is 4.34. The normalized spacial score (nSPS) is 21.8. The molecule has 1 aliphatic heterocycles. The average Bonchev–Trinajstić information content (AvgIpc) is 2.29. The summed E-state index contributed by atoms with van der Waals surface area (Å²) in [6.45, 7) is 5.09. The molecule has 1 atom stereocenters. The Hall–Kier alpha value is -0.120. The minimum absolute atomic E-state index is 0.748. The molecule has 15 heavy (non-hydrogen) atoms. The Balaban J connectivity index is 1.79. The number of rotatable bonds is 8. The van der Waals surface area contributed by atoms with Crippen molar-refractivity contribution in [2.75, 3.05) is 40.0 Å². The molecule has 0 amide bonds. The quantitative estimate of drug-likeness (QED) is 0.627. The van der Waals surface area contributed by atoms with E-state index in [0.29, 0.717) is 0 Å². The van der Waals surface area contributed by atoms with E-state index >= 15 is 0 Å². The smallest absolute Gasteiger partial charge is 0.0506 e. The molecule has 0 spiro atoms. The molecule has 0 aliphatic carbocycles. The van der Waals surface area contributed by atoms with Crippen LogP contribution in [0.25, 0.3) is 0 Å². The molecule has 1 unspecified atom stereocenters. The van der Waals surface area contributed by atoms with Gasteiger partial charge in [0.15, 0.2) is 0 Å². The van der Waals surface area contributed by atoms with Crippen LogP contribution in [0.4, 0.5) is 0 Å². The number of unbranched alkanes of at least 4 members (excludes halogenated alkanes) is 2. The summed E-state index contributed by atoms with van der Waals surface area (Å²) in [6, 6.07) is 0. The molecule has 1 heterocycles. The maximum Gasteiger partial charge on any atom is 0.0506 e. The summed E-state index contributed by atoms with van der Waals surface area (Å²) < 4.78 is 10.4. The Kier molecular flexibility index (Phi) is 7.88. The van der Waals surface area contributed by atoms with Gasteiger partial charge in [0.25, 0.3) is 0 Å². The zero-order valence-corrected chi connectivity index (χ0v) is 9.96. The van der Waals surface area contributed by atoms with Gasteiger partial charge in [0.1, 0.15) is 0 Å². The maximum absolute atomic E-state index is 5.44. The number of methoxy groups -OCH3 is 1. The lowest BCUT2D eigenvalue weighted by molar-refractivity contribution is 0.0549. The molecule has 3 heteroatoms. The fraction of sp³-hybridized carbons (Fsp3) is 1.00. The minimum Gasteiger partial charge on any atom is -0.385 e. The molecule has 1 N–H and O–H groups in total. The lowest BCUT2D eigenvalue weighted by Crippen LogP contribution is -2.29. The van der Waals surface area contributed by atoms with E-state index in [4.69, 9.17) is 9.47 Å². The van der Waals surface area contributed by atoms with Crippen molar-refractivity contribution in [1.82, 2.24) is 5.32 Å². The van der Waals surface area contributed by atoms with Gasteiger partial charge in [-0.3, -0.25) is 0 Å².